The lowest BCUT2D eigenvalue weighted by Crippen LogP contribution is -2.39. The molecule has 112 valence electrons. The average Bonchev–Trinajstić information content (AvgIpc) is 2.35. The maximum absolute atomic E-state index is 12.3. The first-order valence-corrected chi connectivity index (χ1v) is 8.77. The van der Waals surface area contributed by atoms with Gasteiger partial charge in [0.15, 0.2) is 0 Å². The number of pyridine rings is 1. The second-order valence-electron chi connectivity index (χ2n) is 6.00. The zero-order valence-electron chi connectivity index (χ0n) is 11.5. The van der Waals surface area contributed by atoms with Crippen molar-refractivity contribution in [2.45, 2.75) is 50.5 Å². The number of halogens is 2. The minimum Gasteiger partial charge on any atom is -0.242 e. The number of hydrogen-bond donors (Lipinski definition) is 1. The predicted molar refractivity (Wildman–Crippen MR) is 80.6 cm³/mol. The molecule has 0 radical (unpaired) electrons. The largest absolute Gasteiger partial charge is 0.242 e. The van der Waals surface area contributed by atoms with Gasteiger partial charge in [-0.05, 0) is 37.2 Å². The monoisotopic (exact) mass is 336 g/mol. The van der Waals surface area contributed by atoms with E-state index in [4.69, 9.17) is 23.2 Å². The Labute approximate surface area is 129 Å². The maximum Gasteiger partial charge on any atom is 0.242 e. The lowest BCUT2D eigenvalue weighted by molar-refractivity contribution is 0.218. The standard InChI is InChI=1S/C13H18Cl2N2O2S/c1-13(2)5-3-9(4-6-13)17-20(18,19)10-7-11(14)12(15)16-8-10/h7-9,17H,3-6H2,1-2H3. The van der Waals surface area contributed by atoms with Gasteiger partial charge in [0.25, 0.3) is 0 Å². The summed E-state index contributed by atoms with van der Waals surface area (Å²) < 4.78 is 27.3. The molecule has 0 saturated heterocycles. The number of nitrogens with one attached hydrogen (secondary N) is 1. The minimum atomic E-state index is -3.59. The van der Waals surface area contributed by atoms with Gasteiger partial charge in [-0.1, -0.05) is 37.0 Å². The minimum absolute atomic E-state index is 0.0255. The van der Waals surface area contributed by atoms with Gasteiger partial charge in [0.05, 0.1) is 5.02 Å². The van der Waals surface area contributed by atoms with Crippen LogP contribution in [0.15, 0.2) is 17.2 Å². The second kappa shape index (κ2) is 5.79. The lowest BCUT2D eigenvalue weighted by Gasteiger charge is -2.34. The van der Waals surface area contributed by atoms with E-state index in [0.29, 0.717) is 5.41 Å². The predicted octanol–water partition coefficient (Wildman–Crippen LogP) is 3.64. The molecule has 4 nitrogen and oxygen atoms in total. The van der Waals surface area contributed by atoms with Crippen LogP contribution < -0.4 is 4.72 Å². The zero-order chi connectivity index (χ0) is 15.0. The van der Waals surface area contributed by atoms with Crippen molar-refractivity contribution in [1.82, 2.24) is 9.71 Å². The van der Waals surface area contributed by atoms with Crippen LogP contribution in [0.2, 0.25) is 10.2 Å². The highest BCUT2D eigenvalue weighted by molar-refractivity contribution is 7.89. The summed E-state index contributed by atoms with van der Waals surface area (Å²) in [7, 11) is -3.59. The third kappa shape index (κ3) is 3.85. The summed E-state index contributed by atoms with van der Waals surface area (Å²) >= 11 is 11.5. The Morgan fingerprint density at radius 1 is 1.30 bits per heavy atom. The van der Waals surface area contributed by atoms with Crippen LogP contribution in [0.4, 0.5) is 0 Å². The Morgan fingerprint density at radius 2 is 1.90 bits per heavy atom. The van der Waals surface area contributed by atoms with E-state index >= 15 is 0 Å². The number of rotatable bonds is 3. The SMILES string of the molecule is CC1(C)CCC(NS(=O)(=O)c2cnc(Cl)c(Cl)c2)CC1. The van der Waals surface area contributed by atoms with Gasteiger partial charge in [0.1, 0.15) is 10.0 Å². The fraction of sp³-hybridized carbons (Fsp3) is 0.615. The molecule has 0 amide bonds. The zero-order valence-corrected chi connectivity index (χ0v) is 13.8. The van der Waals surface area contributed by atoms with Gasteiger partial charge in [-0.25, -0.2) is 18.1 Å². The average molecular weight is 337 g/mol. The molecule has 2 rings (SSSR count). The summed E-state index contributed by atoms with van der Waals surface area (Å²) in [4.78, 5) is 3.83. The van der Waals surface area contributed by atoms with Crippen LogP contribution in [0, 0.1) is 5.41 Å². The summed E-state index contributed by atoms with van der Waals surface area (Å²) in [6.45, 7) is 4.42. The van der Waals surface area contributed by atoms with E-state index in [1.807, 2.05) is 0 Å². The number of nitrogens with zero attached hydrogens (tertiary/aromatic N) is 1. The molecule has 0 spiro atoms. The highest BCUT2D eigenvalue weighted by Crippen LogP contribution is 2.35. The highest BCUT2D eigenvalue weighted by Gasteiger charge is 2.29. The smallest absolute Gasteiger partial charge is 0.242 e. The fourth-order valence-corrected chi connectivity index (χ4v) is 3.96. The van der Waals surface area contributed by atoms with Crippen molar-refractivity contribution >= 4 is 33.2 Å². The third-order valence-corrected chi connectivity index (χ3v) is 5.92. The van der Waals surface area contributed by atoms with E-state index in [1.165, 1.54) is 12.3 Å². The number of sulfonamides is 1. The molecule has 1 saturated carbocycles. The summed E-state index contributed by atoms with van der Waals surface area (Å²) in [5.41, 5.74) is 0.299. The molecule has 1 heterocycles. The molecular weight excluding hydrogens is 319 g/mol. The second-order valence-corrected chi connectivity index (χ2v) is 8.48. The molecule has 1 aromatic rings. The van der Waals surface area contributed by atoms with Crippen molar-refractivity contribution in [3.05, 3.63) is 22.4 Å². The summed E-state index contributed by atoms with van der Waals surface area (Å²) in [6, 6.07) is 1.30. The van der Waals surface area contributed by atoms with Crippen LogP contribution in [0.3, 0.4) is 0 Å². The van der Waals surface area contributed by atoms with Gasteiger partial charge in [-0.3, -0.25) is 0 Å². The first-order valence-electron chi connectivity index (χ1n) is 6.53. The van der Waals surface area contributed by atoms with Crippen molar-refractivity contribution in [2.75, 3.05) is 0 Å². The Bertz CT molecular complexity index is 592. The van der Waals surface area contributed by atoms with Gasteiger partial charge >= 0.3 is 0 Å². The molecule has 0 atom stereocenters. The van der Waals surface area contributed by atoms with Crippen LogP contribution in [-0.2, 0) is 10.0 Å². The molecule has 0 unspecified atom stereocenters. The summed E-state index contributed by atoms with van der Waals surface area (Å²) in [5.74, 6) is 0. The Hall–Kier alpha value is -0.360. The molecule has 0 aromatic carbocycles. The summed E-state index contributed by atoms with van der Waals surface area (Å²) in [6.07, 6.45) is 4.95. The Morgan fingerprint density at radius 3 is 2.45 bits per heavy atom. The van der Waals surface area contributed by atoms with E-state index < -0.39 is 10.0 Å². The van der Waals surface area contributed by atoms with Crippen LogP contribution >= 0.6 is 23.2 Å². The number of aromatic nitrogens is 1. The molecular formula is C13H18Cl2N2O2S. The first-order chi connectivity index (χ1) is 9.20. The molecule has 1 aliphatic rings. The Balaban J connectivity index is 2.10. The van der Waals surface area contributed by atoms with Gasteiger partial charge < -0.3 is 0 Å². The van der Waals surface area contributed by atoms with Crippen molar-refractivity contribution in [3.8, 4) is 0 Å². The molecule has 0 aliphatic heterocycles. The molecule has 1 N–H and O–H groups in total. The van der Waals surface area contributed by atoms with Crippen LogP contribution in [0.1, 0.15) is 39.5 Å². The first kappa shape index (κ1) is 16.0. The Kier molecular flexibility index (Phi) is 4.64. The molecule has 1 fully saturated rings. The summed E-state index contributed by atoms with van der Waals surface area (Å²) in [5, 5.41) is 0.240. The van der Waals surface area contributed by atoms with Gasteiger partial charge in [-0.15, -0.1) is 0 Å². The third-order valence-electron chi connectivity index (χ3n) is 3.74. The number of hydrogen-bond acceptors (Lipinski definition) is 3. The highest BCUT2D eigenvalue weighted by atomic mass is 35.5. The quantitative estimate of drug-likeness (QED) is 0.857. The van der Waals surface area contributed by atoms with E-state index in [1.54, 1.807) is 0 Å². The molecule has 20 heavy (non-hydrogen) atoms. The van der Waals surface area contributed by atoms with Crippen LogP contribution in [-0.4, -0.2) is 19.4 Å². The van der Waals surface area contributed by atoms with E-state index in [0.717, 1.165) is 25.7 Å². The van der Waals surface area contributed by atoms with Gasteiger partial charge in [-0.2, -0.15) is 0 Å². The van der Waals surface area contributed by atoms with Crippen molar-refractivity contribution in [1.29, 1.82) is 0 Å². The van der Waals surface area contributed by atoms with E-state index in [9.17, 15) is 8.42 Å². The fourth-order valence-electron chi connectivity index (χ4n) is 2.36. The lowest BCUT2D eigenvalue weighted by atomic mass is 9.76. The van der Waals surface area contributed by atoms with Gasteiger partial charge in [0, 0.05) is 12.2 Å². The normalized spacial score (nSPS) is 20.0. The topological polar surface area (TPSA) is 59.1 Å². The van der Waals surface area contributed by atoms with Crippen molar-refractivity contribution in [3.63, 3.8) is 0 Å². The van der Waals surface area contributed by atoms with Crippen LogP contribution in [0.5, 0.6) is 0 Å². The van der Waals surface area contributed by atoms with Crippen molar-refractivity contribution in [2.24, 2.45) is 5.41 Å². The molecule has 7 heteroatoms. The molecule has 1 aromatic heterocycles. The van der Waals surface area contributed by atoms with Crippen LogP contribution in [0.25, 0.3) is 0 Å². The van der Waals surface area contributed by atoms with Gasteiger partial charge in [0.2, 0.25) is 10.0 Å². The van der Waals surface area contributed by atoms with E-state index in [-0.39, 0.29) is 21.1 Å². The van der Waals surface area contributed by atoms with Crippen molar-refractivity contribution < 1.29 is 8.42 Å². The van der Waals surface area contributed by atoms with E-state index in [2.05, 4.69) is 23.6 Å². The molecule has 0 bridgehead atoms. The maximum atomic E-state index is 12.3. The molecule has 1 aliphatic carbocycles.